The summed E-state index contributed by atoms with van der Waals surface area (Å²) in [4.78, 5) is 33.4. The maximum absolute atomic E-state index is 13.8. The van der Waals surface area contributed by atoms with Gasteiger partial charge in [0.2, 0.25) is 11.8 Å². The SMILES string of the molecule is COc1ccc(CN(C(=O)Cc2ccc(Cl)cc2)[C@@H](C(=O)NCc2ccccn2)c2ccccc2)cc1. The molecular formula is C30H28ClN3O3. The zero-order valence-corrected chi connectivity index (χ0v) is 21.3. The number of ether oxygens (including phenoxy) is 1. The van der Waals surface area contributed by atoms with Gasteiger partial charge in [0, 0.05) is 17.8 Å². The lowest BCUT2D eigenvalue weighted by molar-refractivity contribution is -0.141. The molecule has 7 heteroatoms. The van der Waals surface area contributed by atoms with Crippen LogP contribution in [0.5, 0.6) is 5.75 Å². The highest BCUT2D eigenvalue weighted by molar-refractivity contribution is 6.30. The molecule has 0 saturated carbocycles. The van der Waals surface area contributed by atoms with Crippen LogP contribution in [-0.4, -0.2) is 28.8 Å². The lowest BCUT2D eigenvalue weighted by atomic mass is 10.0. The van der Waals surface area contributed by atoms with E-state index in [4.69, 9.17) is 16.3 Å². The third-order valence-electron chi connectivity index (χ3n) is 5.95. The monoisotopic (exact) mass is 513 g/mol. The van der Waals surface area contributed by atoms with Crippen molar-refractivity contribution in [3.63, 3.8) is 0 Å². The molecule has 0 aliphatic rings. The van der Waals surface area contributed by atoms with Crippen LogP contribution in [0.4, 0.5) is 0 Å². The second-order valence-corrected chi connectivity index (χ2v) is 8.96. The van der Waals surface area contributed by atoms with Crippen molar-refractivity contribution in [1.29, 1.82) is 0 Å². The molecule has 0 unspecified atom stereocenters. The molecule has 3 aromatic carbocycles. The zero-order chi connectivity index (χ0) is 26.0. The summed E-state index contributed by atoms with van der Waals surface area (Å²) in [6.45, 7) is 0.498. The lowest BCUT2D eigenvalue weighted by Gasteiger charge is -2.32. The summed E-state index contributed by atoms with van der Waals surface area (Å²) in [5.74, 6) is 0.255. The van der Waals surface area contributed by atoms with E-state index in [0.29, 0.717) is 5.02 Å². The van der Waals surface area contributed by atoms with E-state index in [2.05, 4.69) is 10.3 Å². The summed E-state index contributed by atoms with van der Waals surface area (Å²) >= 11 is 6.04. The molecule has 0 spiro atoms. The molecule has 37 heavy (non-hydrogen) atoms. The predicted octanol–water partition coefficient (Wildman–Crippen LogP) is 5.37. The minimum atomic E-state index is -0.841. The molecule has 6 nitrogen and oxygen atoms in total. The number of hydrogen-bond acceptors (Lipinski definition) is 4. The van der Waals surface area contributed by atoms with E-state index < -0.39 is 6.04 Å². The van der Waals surface area contributed by atoms with E-state index in [1.807, 2.05) is 84.9 Å². The number of amides is 2. The maximum atomic E-state index is 13.8. The summed E-state index contributed by atoms with van der Waals surface area (Å²) in [5.41, 5.74) is 3.15. The van der Waals surface area contributed by atoms with Crippen LogP contribution in [0.15, 0.2) is 103 Å². The van der Waals surface area contributed by atoms with Gasteiger partial charge >= 0.3 is 0 Å². The summed E-state index contributed by atoms with van der Waals surface area (Å²) in [6.07, 6.45) is 1.81. The largest absolute Gasteiger partial charge is 0.497 e. The third kappa shape index (κ3) is 7.18. The topological polar surface area (TPSA) is 71.5 Å². The average molecular weight is 514 g/mol. The zero-order valence-electron chi connectivity index (χ0n) is 20.5. The fourth-order valence-electron chi connectivity index (χ4n) is 4.01. The van der Waals surface area contributed by atoms with Crippen LogP contribution in [0.3, 0.4) is 0 Å². The Morgan fingerprint density at radius 3 is 2.22 bits per heavy atom. The first kappa shape index (κ1) is 25.9. The van der Waals surface area contributed by atoms with Gasteiger partial charge in [-0.15, -0.1) is 0 Å². The fraction of sp³-hybridized carbons (Fsp3) is 0.167. The number of methoxy groups -OCH3 is 1. The average Bonchev–Trinajstić information content (AvgIpc) is 2.94. The van der Waals surface area contributed by atoms with Gasteiger partial charge in [-0.2, -0.15) is 0 Å². The maximum Gasteiger partial charge on any atom is 0.247 e. The summed E-state index contributed by atoms with van der Waals surface area (Å²) in [7, 11) is 1.61. The molecule has 0 saturated heterocycles. The summed E-state index contributed by atoms with van der Waals surface area (Å²) in [5, 5.41) is 3.57. The van der Waals surface area contributed by atoms with Crippen LogP contribution in [0, 0.1) is 0 Å². The van der Waals surface area contributed by atoms with E-state index in [0.717, 1.165) is 28.1 Å². The number of hydrogen-bond donors (Lipinski definition) is 1. The van der Waals surface area contributed by atoms with Crippen LogP contribution >= 0.6 is 11.6 Å². The van der Waals surface area contributed by atoms with Gasteiger partial charge in [-0.3, -0.25) is 14.6 Å². The van der Waals surface area contributed by atoms with Crippen molar-refractivity contribution in [3.8, 4) is 5.75 Å². The van der Waals surface area contributed by atoms with Crippen molar-refractivity contribution in [2.45, 2.75) is 25.6 Å². The molecule has 4 aromatic rings. The van der Waals surface area contributed by atoms with Gasteiger partial charge in [-0.05, 0) is 53.1 Å². The molecule has 4 rings (SSSR count). The number of nitrogens with one attached hydrogen (secondary N) is 1. The summed E-state index contributed by atoms with van der Waals surface area (Å²) in [6, 6.07) is 28.7. The van der Waals surface area contributed by atoms with Crippen LogP contribution in [0.25, 0.3) is 0 Å². The molecule has 0 bridgehead atoms. The van der Waals surface area contributed by atoms with Crippen molar-refractivity contribution < 1.29 is 14.3 Å². The number of carbonyl (C=O) groups excluding carboxylic acids is 2. The first-order chi connectivity index (χ1) is 18.0. The van der Waals surface area contributed by atoms with Gasteiger partial charge in [0.15, 0.2) is 0 Å². The normalized spacial score (nSPS) is 11.4. The molecule has 188 valence electrons. The Balaban J connectivity index is 1.67. The van der Waals surface area contributed by atoms with E-state index in [9.17, 15) is 9.59 Å². The Morgan fingerprint density at radius 2 is 1.57 bits per heavy atom. The van der Waals surface area contributed by atoms with E-state index >= 15 is 0 Å². The van der Waals surface area contributed by atoms with Gasteiger partial charge in [-0.1, -0.05) is 72.3 Å². The van der Waals surface area contributed by atoms with Gasteiger partial charge in [0.25, 0.3) is 0 Å². The smallest absolute Gasteiger partial charge is 0.247 e. The number of carbonyl (C=O) groups is 2. The van der Waals surface area contributed by atoms with Crippen LogP contribution < -0.4 is 10.1 Å². The molecule has 0 radical (unpaired) electrons. The van der Waals surface area contributed by atoms with Gasteiger partial charge < -0.3 is 15.0 Å². The first-order valence-corrected chi connectivity index (χ1v) is 12.3. The first-order valence-electron chi connectivity index (χ1n) is 11.9. The van der Waals surface area contributed by atoms with E-state index in [-0.39, 0.29) is 31.3 Å². The third-order valence-corrected chi connectivity index (χ3v) is 6.20. The predicted molar refractivity (Wildman–Crippen MR) is 144 cm³/mol. The number of pyridine rings is 1. The minimum absolute atomic E-state index is 0.129. The second kappa shape index (κ2) is 12.7. The number of nitrogens with zero attached hydrogens (tertiary/aromatic N) is 2. The summed E-state index contributed by atoms with van der Waals surface area (Å²) < 4.78 is 5.28. The molecule has 0 fully saturated rings. The standard InChI is InChI=1S/C30H28ClN3O3/c1-37-27-16-12-23(13-17-27)21-34(28(35)19-22-10-14-25(31)15-11-22)29(24-7-3-2-4-8-24)30(36)33-20-26-9-5-6-18-32-26/h2-18,29H,19-21H2,1H3,(H,33,36)/t29-/m1/s1. The van der Waals surface area contributed by atoms with Crippen LogP contribution in [-0.2, 0) is 29.1 Å². The highest BCUT2D eigenvalue weighted by Crippen LogP contribution is 2.26. The van der Waals surface area contributed by atoms with Crippen LogP contribution in [0.1, 0.15) is 28.4 Å². The second-order valence-electron chi connectivity index (χ2n) is 8.53. The Hall–Kier alpha value is -4.16. The Bertz CT molecular complexity index is 1300. The number of halogens is 1. The quantitative estimate of drug-likeness (QED) is 0.309. The molecule has 0 aliphatic carbocycles. The Labute approximate surface area is 221 Å². The van der Waals surface area contributed by atoms with Gasteiger partial charge in [0.1, 0.15) is 11.8 Å². The number of rotatable bonds is 10. The van der Waals surface area contributed by atoms with Crippen molar-refractivity contribution in [3.05, 3.63) is 131 Å². The van der Waals surface area contributed by atoms with E-state index in [1.54, 1.807) is 30.3 Å². The molecule has 1 heterocycles. The van der Waals surface area contributed by atoms with E-state index in [1.165, 1.54) is 0 Å². The molecule has 1 aromatic heterocycles. The van der Waals surface area contributed by atoms with Crippen LogP contribution in [0.2, 0.25) is 5.02 Å². The molecular weight excluding hydrogens is 486 g/mol. The Kier molecular flexibility index (Phi) is 8.89. The number of benzene rings is 3. The van der Waals surface area contributed by atoms with Gasteiger partial charge in [0.05, 0.1) is 25.8 Å². The highest BCUT2D eigenvalue weighted by Gasteiger charge is 2.31. The minimum Gasteiger partial charge on any atom is -0.497 e. The molecule has 1 N–H and O–H groups in total. The Morgan fingerprint density at radius 1 is 0.892 bits per heavy atom. The number of aromatic nitrogens is 1. The van der Waals surface area contributed by atoms with Crippen molar-refractivity contribution in [1.82, 2.24) is 15.2 Å². The fourth-order valence-corrected chi connectivity index (χ4v) is 4.14. The van der Waals surface area contributed by atoms with Crippen molar-refractivity contribution >= 4 is 23.4 Å². The van der Waals surface area contributed by atoms with Gasteiger partial charge in [-0.25, -0.2) is 0 Å². The highest BCUT2D eigenvalue weighted by atomic mass is 35.5. The molecule has 0 aliphatic heterocycles. The molecule has 1 atom stereocenters. The van der Waals surface area contributed by atoms with Crippen molar-refractivity contribution in [2.75, 3.05) is 7.11 Å². The molecule has 2 amide bonds. The van der Waals surface area contributed by atoms with Crippen molar-refractivity contribution in [2.24, 2.45) is 0 Å². The lowest BCUT2D eigenvalue weighted by Crippen LogP contribution is -2.44.